The van der Waals surface area contributed by atoms with E-state index in [2.05, 4.69) is 10.2 Å². The highest BCUT2D eigenvalue weighted by molar-refractivity contribution is 7.13. The van der Waals surface area contributed by atoms with Gasteiger partial charge in [0.05, 0.1) is 4.92 Å². The van der Waals surface area contributed by atoms with Gasteiger partial charge in [0.15, 0.2) is 0 Å². The van der Waals surface area contributed by atoms with E-state index in [4.69, 9.17) is 4.74 Å². The zero-order valence-corrected chi connectivity index (χ0v) is 14.3. The van der Waals surface area contributed by atoms with Crippen LogP contribution in [-0.2, 0) is 11.3 Å². The second kappa shape index (κ2) is 7.70. The van der Waals surface area contributed by atoms with Gasteiger partial charge in [0.25, 0.3) is 0 Å². The Morgan fingerprint density at radius 3 is 2.70 bits per heavy atom. The molecule has 0 aromatic carbocycles. The molecule has 2 saturated heterocycles. The van der Waals surface area contributed by atoms with Crippen LogP contribution in [0.2, 0.25) is 0 Å². The largest absolute Gasteiger partial charge is 0.381 e. The summed E-state index contributed by atoms with van der Waals surface area (Å²) in [6, 6.07) is 1.68. The van der Waals surface area contributed by atoms with Crippen molar-refractivity contribution in [3.8, 4) is 0 Å². The molecule has 128 valence electrons. The monoisotopic (exact) mass is 339 g/mol. The Bertz CT molecular complexity index is 522. The Labute approximate surface area is 141 Å². The number of hydrogen-bond acceptors (Lipinski definition) is 6. The summed E-state index contributed by atoms with van der Waals surface area (Å²) in [4.78, 5) is 13.1. The average molecular weight is 339 g/mol. The molecule has 1 aromatic heterocycles. The van der Waals surface area contributed by atoms with E-state index in [0.29, 0.717) is 6.54 Å². The van der Waals surface area contributed by atoms with Crippen molar-refractivity contribution >= 4 is 16.3 Å². The van der Waals surface area contributed by atoms with Gasteiger partial charge in [-0.05, 0) is 44.3 Å². The third kappa shape index (κ3) is 4.09. The Hall–Kier alpha value is -1.02. The summed E-state index contributed by atoms with van der Waals surface area (Å²) in [5.41, 5.74) is 1.20. The highest BCUT2D eigenvalue weighted by atomic mass is 32.1. The van der Waals surface area contributed by atoms with Gasteiger partial charge in [0.2, 0.25) is 0 Å². The van der Waals surface area contributed by atoms with Gasteiger partial charge in [-0.25, -0.2) is 0 Å². The molecule has 3 heterocycles. The zero-order valence-electron chi connectivity index (χ0n) is 13.5. The molecule has 0 bridgehead atoms. The van der Waals surface area contributed by atoms with Crippen LogP contribution in [0.1, 0.15) is 37.7 Å². The van der Waals surface area contributed by atoms with Crippen LogP contribution >= 0.6 is 11.3 Å². The lowest BCUT2D eigenvalue weighted by Crippen LogP contribution is -2.59. The summed E-state index contributed by atoms with van der Waals surface area (Å²) in [5.74, 6) is 0. The quantitative estimate of drug-likeness (QED) is 0.637. The molecule has 23 heavy (non-hydrogen) atoms. The minimum absolute atomic E-state index is 0.195. The van der Waals surface area contributed by atoms with Crippen molar-refractivity contribution in [2.75, 3.05) is 32.8 Å². The van der Waals surface area contributed by atoms with E-state index in [1.807, 2.05) is 5.38 Å². The fourth-order valence-corrected chi connectivity index (χ4v) is 4.44. The molecule has 3 rings (SSSR count). The van der Waals surface area contributed by atoms with Crippen LogP contribution in [0, 0.1) is 10.1 Å². The van der Waals surface area contributed by atoms with Crippen LogP contribution in [0.15, 0.2) is 11.4 Å². The normalized spacial score (nSPS) is 22.1. The summed E-state index contributed by atoms with van der Waals surface area (Å²) < 4.78 is 5.58. The fraction of sp³-hybridized carbons (Fsp3) is 0.750. The van der Waals surface area contributed by atoms with Gasteiger partial charge in [-0.1, -0.05) is 17.8 Å². The van der Waals surface area contributed by atoms with Gasteiger partial charge in [-0.15, -0.1) is 0 Å². The standard InChI is InChI=1S/C16H25N3O3S/c20-19(21)15-10-14(12-23-15)11-17-13-16(4-8-22-9-5-16)18-6-2-1-3-7-18/h10,12,17H,1-9,11,13H2. The lowest BCUT2D eigenvalue weighted by molar-refractivity contribution is -0.380. The van der Waals surface area contributed by atoms with Crippen LogP contribution in [0.3, 0.4) is 0 Å². The molecule has 0 unspecified atom stereocenters. The number of rotatable bonds is 6. The Morgan fingerprint density at radius 2 is 2.04 bits per heavy atom. The minimum atomic E-state index is -0.318. The van der Waals surface area contributed by atoms with E-state index in [9.17, 15) is 10.1 Å². The maximum atomic E-state index is 10.8. The second-order valence-corrected chi connectivity index (χ2v) is 7.43. The highest BCUT2D eigenvalue weighted by Crippen LogP contribution is 2.30. The summed E-state index contributed by atoms with van der Waals surface area (Å²) in [6.07, 6.45) is 6.07. The zero-order chi connectivity index (χ0) is 16.1. The van der Waals surface area contributed by atoms with E-state index in [1.54, 1.807) is 6.07 Å². The van der Waals surface area contributed by atoms with Crippen molar-refractivity contribution in [3.63, 3.8) is 0 Å². The molecule has 2 aliphatic rings. The van der Waals surface area contributed by atoms with Crippen LogP contribution in [-0.4, -0.2) is 48.2 Å². The van der Waals surface area contributed by atoms with Gasteiger partial charge in [0.1, 0.15) is 0 Å². The van der Waals surface area contributed by atoms with E-state index >= 15 is 0 Å². The summed E-state index contributed by atoms with van der Waals surface area (Å²) in [6.45, 7) is 5.67. The number of piperidine rings is 1. The van der Waals surface area contributed by atoms with Crippen LogP contribution < -0.4 is 5.32 Å². The molecule has 6 nitrogen and oxygen atoms in total. The second-order valence-electron chi connectivity index (χ2n) is 6.54. The molecule has 2 aliphatic heterocycles. The molecular formula is C16H25N3O3S. The maximum absolute atomic E-state index is 10.8. The van der Waals surface area contributed by atoms with Crippen molar-refractivity contribution in [2.24, 2.45) is 0 Å². The molecule has 7 heteroatoms. The van der Waals surface area contributed by atoms with Crippen LogP contribution in [0.4, 0.5) is 5.00 Å². The van der Waals surface area contributed by atoms with E-state index in [-0.39, 0.29) is 15.5 Å². The van der Waals surface area contributed by atoms with Gasteiger partial charge in [-0.2, -0.15) is 0 Å². The molecule has 0 spiro atoms. The third-order valence-corrected chi connectivity index (χ3v) is 5.98. The van der Waals surface area contributed by atoms with E-state index in [1.165, 1.54) is 43.7 Å². The molecule has 1 N–H and O–H groups in total. The molecule has 0 amide bonds. The smallest absolute Gasteiger partial charge is 0.324 e. The Morgan fingerprint density at radius 1 is 1.30 bits per heavy atom. The van der Waals surface area contributed by atoms with Crippen molar-refractivity contribution in [3.05, 3.63) is 27.1 Å². The van der Waals surface area contributed by atoms with Crippen molar-refractivity contribution < 1.29 is 9.66 Å². The summed E-state index contributed by atoms with van der Waals surface area (Å²) in [5, 5.41) is 16.4. The molecule has 0 radical (unpaired) electrons. The molecule has 0 atom stereocenters. The lowest BCUT2D eigenvalue weighted by Gasteiger charge is -2.48. The van der Waals surface area contributed by atoms with Gasteiger partial charge in [-0.3, -0.25) is 15.0 Å². The van der Waals surface area contributed by atoms with Crippen LogP contribution in [0.5, 0.6) is 0 Å². The number of hydrogen-bond donors (Lipinski definition) is 1. The molecular weight excluding hydrogens is 314 g/mol. The first-order valence-corrected chi connectivity index (χ1v) is 9.33. The summed E-state index contributed by atoms with van der Waals surface area (Å²) in [7, 11) is 0. The van der Waals surface area contributed by atoms with Gasteiger partial charge < -0.3 is 10.1 Å². The predicted molar refractivity (Wildman–Crippen MR) is 90.9 cm³/mol. The number of thiophene rings is 1. The lowest BCUT2D eigenvalue weighted by atomic mass is 9.86. The SMILES string of the molecule is O=[N+]([O-])c1cc(CNCC2(N3CCCCC3)CCOCC2)cs1. The van der Waals surface area contributed by atoms with E-state index < -0.39 is 0 Å². The number of nitro groups is 1. The average Bonchev–Trinajstić information content (AvgIpc) is 3.06. The number of likely N-dealkylation sites (tertiary alicyclic amines) is 1. The molecule has 0 saturated carbocycles. The Balaban J connectivity index is 1.58. The molecule has 1 aromatic rings. The topological polar surface area (TPSA) is 67.6 Å². The fourth-order valence-electron chi connectivity index (χ4n) is 3.72. The Kier molecular flexibility index (Phi) is 5.63. The molecule has 2 fully saturated rings. The number of nitrogens with zero attached hydrogens (tertiary/aromatic N) is 2. The van der Waals surface area contributed by atoms with Crippen molar-refractivity contribution in [2.45, 2.75) is 44.2 Å². The number of ether oxygens (including phenoxy) is 1. The van der Waals surface area contributed by atoms with Gasteiger partial charge in [0, 0.05) is 43.3 Å². The maximum Gasteiger partial charge on any atom is 0.324 e. The summed E-state index contributed by atoms with van der Waals surface area (Å²) >= 11 is 1.20. The first-order chi connectivity index (χ1) is 11.2. The van der Waals surface area contributed by atoms with E-state index in [0.717, 1.165) is 38.2 Å². The predicted octanol–water partition coefficient (Wildman–Crippen LogP) is 2.78. The molecule has 0 aliphatic carbocycles. The highest BCUT2D eigenvalue weighted by Gasteiger charge is 2.38. The van der Waals surface area contributed by atoms with Crippen LogP contribution in [0.25, 0.3) is 0 Å². The van der Waals surface area contributed by atoms with Crippen molar-refractivity contribution in [1.29, 1.82) is 0 Å². The third-order valence-electron chi connectivity index (χ3n) is 5.05. The first kappa shape index (κ1) is 16.8. The minimum Gasteiger partial charge on any atom is -0.381 e. The first-order valence-electron chi connectivity index (χ1n) is 8.45. The van der Waals surface area contributed by atoms with Gasteiger partial charge >= 0.3 is 5.00 Å². The number of nitrogens with one attached hydrogen (secondary N) is 1. The van der Waals surface area contributed by atoms with Crippen molar-refractivity contribution in [1.82, 2.24) is 10.2 Å².